The fourth-order valence-corrected chi connectivity index (χ4v) is 3.77. The summed E-state index contributed by atoms with van der Waals surface area (Å²) in [4.78, 5) is 1.20. The van der Waals surface area contributed by atoms with Crippen molar-refractivity contribution in [3.05, 3.63) is 43.2 Å². The number of halogens is 1. The highest BCUT2D eigenvalue weighted by molar-refractivity contribution is 7.10. The van der Waals surface area contributed by atoms with E-state index in [1.807, 2.05) is 18.5 Å². The van der Waals surface area contributed by atoms with Gasteiger partial charge in [-0.3, -0.25) is 0 Å². The molecular weight excluding hydrogens is 246 g/mol. The standard InChI is InChI=1S/C11H12ClNS2/c1-7-5-14-6-8(7)10(13-2)11-9(12)3-4-15-11/h3-6,10,13H,1-2H3. The van der Waals surface area contributed by atoms with E-state index in [0.717, 1.165) is 5.02 Å². The molecule has 1 N–H and O–H groups in total. The highest BCUT2D eigenvalue weighted by atomic mass is 35.5. The van der Waals surface area contributed by atoms with Gasteiger partial charge in [0.15, 0.2) is 0 Å². The molecule has 0 radical (unpaired) electrons. The Kier molecular flexibility index (Phi) is 3.46. The monoisotopic (exact) mass is 257 g/mol. The van der Waals surface area contributed by atoms with E-state index >= 15 is 0 Å². The molecule has 15 heavy (non-hydrogen) atoms. The van der Waals surface area contributed by atoms with Gasteiger partial charge in [-0.1, -0.05) is 11.6 Å². The largest absolute Gasteiger partial charge is 0.309 e. The summed E-state index contributed by atoms with van der Waals surface area (Å²) in [7, 11) is 1.97. The lowest BCUT2D eigenvalue weighted by molar-refractivity contribution is 0.702. The highest BCUT2D eigenvalue weighted by Gasteiger charge is 2.18. The van der Waals surface area contributed by atoms with E-state index in [0.29, 0.717) is 0 Å². The first-order valence-corrected chi connectivity index (χ1v) is 6.87. The van der Waals surface area contributed by atoms with Crippen LogP contribution in [0.1, 0.15) is 22.0 Å². The van der Waals surface area contributed by atoms with Crippen LogP contribution in [-0.4, -0.2) is 7.05 Å². The summed E-state index contributed by atoms with van der Waals surface area (Å²) in [5.74, 6) is 0. The maximum atomic E-state index is 6.16. The summed E-state index contributed by atoms with van der Waals surface area (Å²) >= 11 is 9.59. The van der Waals surface area contributed by atoms with Gasteiger partial charge in [-0.25, -0.2) is 0 Å². The van der Waals surface area contributed by atoms with Crippen LogP contribution in [0, 0.1) is 6.92 Å². The third kappa shape index (κ3) is 2.11. The van der Waals surface area contributed by atoms with Crippen LogP contribution in [0.4, 0.5) is 0 Å². The van der Waals surface area contributed by atoms with Gasteiger partial charge in [0.1, 0.15) is 0 Å². The van der Waals surface area contributed by atoms with Crippen molar-refractivity contribution in [1.82, 2.24) is 5.32 Å². The second-order valence-corrected chi connectivity index (χ2v) is 5.46. The zero-order valence-corrected chi connectivity index (χ0v) is 11.0. The molecule has 2 aromatic rings. The van der Waals surface area contributed by atoms with Gasteiger partial charge in [-0.05, 0) is 47.3 Å². The van der Waals surface area contributed by atoms with E-state index in [9.17, 15) is 0 Å². The molecule has 1 nitrogen and oxygen atoms in total. The van der Waals surface area contributed by atoms with Crippen molar-refractivity contribution in [1.29, 1.82) is 0 Å². The number of hydrogen-bond acceptors (Lipinski definition) is 3. The van der Waals surface area contributed by atoms with Crippen molar-refractivity contribution in [2.24, 2.45) is 0 Å². The topological polar surface area (TPSA) is 12.0 Å². The molecule has 0 saturated carbocycles. The summed E-state index contributed by atoms with van der Waals surface area (Å²) in [5.41, 5.74) is 2.65. The molecule has 0 aromatic carbocycles. The Labute approximate surface area is 103 Å². The first-order valence-electron chi connectivity index (χ1n) is 4.67. The van der Waals surface area contributed by atoms with E-state index in [1.54, 1.807) is 22.7 Å². The maximum absolute atomic E-state index is 6.16. The maximum Gasteiger partial charge on any atom is 0.0694 e. The Balaban J connectivity index is 2.41. The number of hydrogen-bond donors (Lipinski definition) is 1. The third-order valence-electron chi connectivity index (χ3n) is 2.40. The van der Waals surface area contributed by atoms with E-state index in [1.165, 1.54) is 16.0 Å². The minimum atomic E-state index is 0.226. The van der Waals surface area contributed by atoms with Crippen molar-refractivity contribution in [2.45, 2.75) is 13.0 Å². The van der Waals surface area contributed by atoms with Gasteiger partial charge in [0, 0.05) is 4.88 Å². The first kappa shape index (κ1) is 11.1. The summed E-state index contributed by atoms with van der Waals surface area (Å²) in [6.07, 6.45) is 0. The molecule has 2 aromatic heterocycles. The van der Waals surface area contributed by atoms with Crippen LogP contribution in [0.2, 0.25) is 5.02 Å². The summed E-state index contributed by atoms with van der Waals surface area (Å²) in [5, 5.41) is 10.6. The van der Waals surface area contributed by atoms with E-state index in [4.69, 9.17) is 11.6 Å². The second-order valence-electron chi connectivity index (χ2n) is 3.36. The van der Waals surface area contributed by atoms with Gasteiger partial charge in [-0.2, -0.15) is 11.3 Å². The lowest BCUT2D eigenvalue weighted by atomic mass is 10.1. The average Bonchev–Trinajstić information content (AvgIpc) is 2.80. The number of rotatable bonds is 3. The molecule has 0 aliphatic heterocycles. The zero-order chi connectivity index (χ0) is 10.8. The smallest absolute Gasteiger partial charge is 0.0694 e. The highest BCUT2D eigenvalue weighted by Crippen LogP contribution is 2.34. The summed E-state index contributed by atoms with van der Waals surface area (Å²) in [6, 6.07) is 2.18. The molecule has 0 aliphatic carbocycles. The molecule has 2 rings (SSSR count). The van der Waals surface area contributed by atoms with Crippen LogP contribution >= 0.6 is 34.3 Å². The molecule has 1 atom stereocenters. The molecule has 1 unspecified atom stereocenters. The summed E-state index contributed by atoms with van der Waals surface area (Å²) < 4.78 is 0. The molecule has 0 fully saturated rings. The van der Waals surface area contributed by atoms with E-state index < -0.39 is 0 Å². The minimum Gasteiger partial charge on any atom is -0.309 e. The molecule has 0 bridgehead atoms. The minimum absolute atomic E-state index is 0.226. The average molecular weight is 258 g/mol. The van der Waals surface area contributed by atoms with Crippen molar-refractivity contribution < 1.29 is 0 Å². The van der Waals surface area contributed by atoms with Crippen molar-refractivity contribution in [3.63, 3.8) is 0 Å². The normalized spacial score (nSPS) is 13.0. The van der Waals surface area contributed by atoms with Gasteiger partial charge < -0.3 is 5.32 Å². The molecule has 80 valence electrons. The number of thiophene rings is 2. The Morgan fingerprint density at radius 3 is 2.67 bits per heavy atom. The van der Waals surface area contributed by atoms with Crippen LogP contribution in [0.15, 0.2) is 22.2 Å². The number of nitrogens with one attached hydrogen (secondary N) is 1. The molecule has 4 heteroatoms. The molecule has 0 amide bonds. The fourth-order valence-electron chi connectivity index (χ4n) is 1.61. The Hall–Kier alpha value is -0.350. The molecule has 0 saturated heterocycles. The van der Waals surface area contributed by atoms with Crippen molar-refractivity contribution in [3.8, 4) is 0 Å². The van der Waals surface area contributed by atoms with Gasteiger partial charge in [0.05, 0.1) is 11.1 Å². The van der Waals surface area contributed by atoms with Crippen LogP contribution < -0.4 is 5.32 Å². The van der Waals surface area contributed by atoms with Gasteiger partial charge >= 0.3 is 0 Å². The van der Waals surface area contributed by atoms with Gasteiger partial charge in [-0.15, -0.1) is 11.3 Å². The Morgan fingerprint density at radius 2 is 2.20 bits per heavy atom. The lowest BCUT2D eigenvalue weighted by Crippen LogP contribution is -2.16. The Bertz CT molecular complexity index is 407. The molecule has 2 heterocycles. The molecule has 0 spiro atoms. The van der Waals surface area contributed by atoms with Crippen LogP contribution in [0.5, 0.6) is 0 Å². The van der Waals surface area contributed by atoms with Crippen LogP contribution in [0.25, 0.3) is 0 Å². The SMILES string of the molecule is CNC(c1cscc1C)c1sccc1Cl. The van der Waals surface area contributed by atoms with Crippen LogP contribution in [0.3, 0.4) is 0 Å². The van der Waals surface area contributed by atoms with Gasteiger partial charge in [0.2, 0.25) is 0 Å². The van der Waals surface area contributed by atoms with Crippen molar-refractivity contribution >= 4 is 34.3 Å². The molecular formula is C11H12ClNS2. The van der Waals surface area contributed by atoms with Crippen molar-refractivity contribution in [2.75, 3.05) is 7.05 Å². The van der Waals surface area contributed by atoms with Gasteiger partial charge in [0.25, 0.3) is 0 Å². The predicted octanol–water partition coefficient (Wildman–Crippen LogP) is 4.08. The van der Waals surface area contributed by atoms with E-state index in [2.05, 4.69) is 23.0 Å². The summed E-state index contributed by atoms with van der Waals surface area (Å²) in [6.45, 7) is 2.14. The lowest BCUT2D eigenvalue weighted by Gasteiger charge is -2.15. The number of aryl methyl sites for hydroxylation is 1. The zero-order valence-electron chi connectivity index (χ0n) is 8.58. The third-order valence-corrected chi connectivity index (χ3v) is 4.70. The molecule has 0 aliphatic rings. The fraction of sp³-hybridized carbons (Fsp3) is 0.273. The Morgan fingerprint density at radius 1 is 1.40 bits per heavy atom. The second kappa shape index (κ2) is 4.66. The first-order chi connectivity index (χ1) is 7.24. The predicted molar refractivity (Wildman–Crippen MR) is 69.3 cm³/mol. The quantitative estimate of drug-likeness (QED) is 0.874. The van der Waals surface area contributed by atoms with Crippen LogP contribution in [-0.2, 0) is 0 Å². The van der Waals surface area contributed by atoms with E-state index in [-0.39, 0.29) is 6.04 Å².